The van der Waals surface area contributed by atoms with Crippen molar-refractivity contribution in [3.8, 4) is 0 Å². The van der Waals surface area contributed by atoms with E-state index in [0.29, 0.717) is 30.3 Å². The first-order chi connectivity index (χ1) is 8.50. The largest absolute Gasteiger partial charge is 0.299 e. The highest BCUT2D eigenvalue weighted by Crippen LogP contribution is 2.21. The van der Waals surface area contributed by atoms with Crippen molar-refractivity contribution in [2.24, 2.45) is 11.8 Å². The number of ketones is 2. The Bertz CT molecular complexity index is 361. The van der Waals surface area contributed by atoms with Gasteiger partial charge in [0.15, 0.2) is 0 Å². The molecule has 0 bridgehead atoms. The Kier molecular flexibility index (Phi) is 6.03. The van der Waals surface area contributed by atoms with Gasteiger partial charge in [-0.05, 0) is 18.8 Å². The fraction of sp³-hybridized carbons (Fsp3) is 0.625. The summed E-state index contributed by atoms with van der Waals surface area (Å²) in [6, 6.07) is 0. The number of rotatable bonds is 1. The number of carbonyl (C=O) groups excluding carboxylic acids is 2. The molecular formula is C16H24O2. The van der Waals surface area contributed by atoms with Crippen LogP contribution in [-0.2, 0) is 9.59 Å². The third-order valence-corrected chi connectivity index (χ3v) is 3.55. The van der Waals surface area contributed by atoms with Gasteiger partial charge in [-0.15, -0.1) is 0 Å². The first-order valence-electron chi connectivity index (χ1n) is 6.89. The third-order valence-electron chi connectivity index (χ3n) is 3.55. The van der Waals surface area contributed by atoms with Gasteiger partial charge >= 0.3 is 0 Å². The molecule has 0 amide bonds. The minimum atomic E-state index is 0.278. The monoisotopic (exact) mass is 248 g/mol. The summed E-state index contributed by atoms with van der Waals surface area (Å²) in [4.78, 5) is 21.5. The molecule has 0 aromatic carbocycles. The summed E-state index contributed by atoms with van der Waals surface area (Å²) in [6.45, 7) is 6.34. The number of Topliss-reactive ketones (excluding diaryl/α,β-unsaturated/α-hetero) is 2. The average molecular weight is 248 g/mol. The van der Waals surface area contributed by atoms with Crippen molar-refractivity contribution in [3.63, 3.8) is 0 Å². The van der Waals surface area contributed by atoms with Gasteiger partial charge in [0.1, 0.15) is 11.6 Å². The molecule has 18 heavy (non-hydrogen) atoms. The smallest absolute Gasteiger partial charge is 0.139 e. The molecular weight excluding hydrogens is 224 g/mol. The van der Waals surface area contributed by atoms with Crippen LogP contribution in [0.5, 0.6) is 0 Å². The quantitative estimate of drug-likeness (QED) is 0.660. The average Bonchev–Trinajstić information content (AvgIpc) is 2.34. The summed E-state index contributed by atoms with van der Waals surface area (Å²) < 4.78 is 0. The van der Waals surface area contributed by atoms with Gasteiger partial charge in [-0.1, -0.05) is 44.6 Å². The Balaban J connectivity index is 0.000000184. The summed E-state index contributed by atoms with van der Waals surface area (Å²) in [5.74, 6) is 1.69. The van der Waals surface area contributed by atoms with E-state index in [2.05, 4.69) is 26.0 Å². The second kappa shape index (κ2) is 7.30. The minimum Gasteiger partial charge on any atom is -0.299 e. The number of hydrogen-bond acceptors (Lipinski definition) is 2. The van der Waals surface area contributed by atoms with E-state index in [4.69, 9.17) is 0 Å². The fourth-order valence-corrected chi connectivity index (χ4v) is 2.09. The fourth-order valence-electron chi connectivity index (χ4n) is 2.09. The SMILES string of the molecule is CC(C)C1=CCC(=O)CC1.CC1CC=CCC1=O. The molecule has 0 radical (unpaired) electrons. The molecule has 2 aliphatic carbocycles. The van der Waals surface area contributed by atoms with Gasteiger partial charge < -0.3 is 0 Å². The van der Waals surface area contributed by atoms with Crippen LogP contribution in [0, 0.1) is 11.8 Å². The van der Waals surface area contributed by atoms with Crippen LogP contribution in [0.2, 0.25) is 0 Å². The van der Waals surface area contributed by atoms with Crippen LogP contribution < -0.4 is 0 Å². The van der Waals surface area contributed by atoms with Crippen LogP contribution in [0.1, 0.15) is 52.9 Å². The number of hydrogen-bond donors (Lipinski definition) is 0. The van der Waals surface area contributed by atoms with Gasteiger partial charge in [-0.25, -0.2) is 0 Å². The second-order valence-corrected chi connectivity index (χ2v) is 5.46. The van der Waals surface area contributed by atoms with Gasteiger partial charge in [0, 0.05) is 25.2 Å². The van der Waals surface area contributed by atoms with E-state index in [0.717, 1.165) is 19.3 Å². The van der Waals surface area contributed by atoms with E-state index >= 15 is 0 Å². The molecule has 1 atom stereocenters. The van der Waals surface area contributed by atoms with Crippen molar-refractivity contribution < 1.29 is 9.59 Å². The maximum atomic E-state index is 10.8. The van der Waals surface area contributed by atoms with Crippen LogP contribution in [0.25, 0.3) is 0 Å². The zero-order chi connectivity index (χ0) is 13.5. The zero-order valence-corrected chi connectivity index (χ0v) is 11.7. The molecule has 0 N–H and O–H groups in total. The van der Waals surface area contributed by atoms with Crippen LogP contribution in [-0.4, -0.2) is 11.6 Å². The van der Waals surface area contributed by atoms with E-state index in [-0.39, 0.29) is 5.92 Å². The van der Waals surface area contributed by atoms with E-state index in [9.17, 15) is 9.59 Å². The van der Waals surface area contributed by atoms with Crippen LogP contribution >= 0.6 is 0 Å². The lowest BCUT2D eigenvalue weighted by Crippen LogP contribution is -2.11. The lowest BCUT2D eigenvalue weighted by molar-refractivity contribution is -0.121. The predicted molar refractivity (Wildman–Crippen MR) is 74.3 cm³/mol. The summed E-state index contributed by atoms with van der Waals surface area (Å²) in [7, 11) is 0. The first-order valence-corrected chi connectivity index (χ1v) is 6.89. The molecule has 0 aromatic heterocycles. The van der Waals surface area contributed by atoms with Crippen molar-refractivity contribution in [2.75, 3.05) is 0 Å². The molecule has 2 rings (SSSR count). The highest BCUT2D eigenvalue weighted by atomic mass is 16.1. The van der Waals surface area contributed by atoms with Crippen LogP contribution in [0.15, 0.2) is 23.8 Å². The molecule has 0 aromatic rings. The Labute approximate surface area is 110 Å². The second-order valence-electron chi connectivity index (χ2n) is 5.46. The summed E-state index contributed by atoms with van der Waals surface area (Å²) in [5.41, 5.74) is 1.46. The van der Waals surface area contributed by atoms with Crippen molar-refractivity contribution in [3.05, 3.63) is 23.8 Å². The molecule has 0 fully saturated rings. The maximum Gasteiger partial charge on any atom is 0.139 e. The molecule has 0 spiro atoms. The molecule has 2 nitrogen and oxygen atoms in total. The molecule has 0 saturated carbocycles. The van der Waals surface area contributed by atoms with E-state index in [1.165, 1.54) is 5.57 Å². The zero-order valence-electron chi connectivity index (χ0n) is 11.7. The maximum absolute atomic E-state index is 10.8. The molecule has 1 unspecified atom stereocenters. The Morgan fingerprint density at radius 2 is 1.83 bits per heavy atom. The lowest BCUT2D eigenvalue weighted by Gasteiger charge is -2.14. The molecule has 2 aliphatic rings. The first kappa shape index (κ1) is 14.9. The van der Waals surface area contributed by atoms with Gasteiger partial charge in [0.2, 0.25) is 0 Å². The number of allylic oxidation sites excluding steroid dienone is 4. The Hall–Kier alpha value is -1.18. The van der Waals surface area contributed by atoms with Crippen molar-refractivity contribution >= 4 is 11.6 Å². The predicted octanol–water partition coefficient (Wildman–Crippen LogP) is 3.86. The lowest BCUT2D eigenvalue weighted by atomic mass is 9.91. The molecule has 100 valence electrons. The summed E-state index contributed by atoms with van der Waals surface area (Å²) in [5, 5.41) is 0. The molecule has 0 saturated heterocycles. The van der Waals surface area contributed by atoms with Crippen molar-refractivity contribution in [1.82, 2.24) is 0 Å². The highest BCUT2D eigenvalue weighted by molar-refractivity contribution is 5.83. The van der Waals surface area contributed by atoms with E-state index in [1.54, 1.807) is 0 Å². The standard InChI is InChI=1S/C9H14O.C7H10O/c1-7(2)8-3-5-9(10)6-4-8;1-6-4-2-3-5-7(6)8/h3,7H,4-6H2,1-2H3;2-3,6H,4-5H2,1H3. The third kappa shape index (κ3) is 4.99. The molecule has 2 heteroatoms. The Morgan fingerprint density at radius 3 is 2.22 bits per heavy atom. The van der Waals surface area contributed by atoms with Crippen molar-refractivity contribution in [1.29, 1.82) is 0 Å². The van der Waals surface area contributed by atoms with E-state index in [1.807, 2.05) is 13.0 Å². The minimum absolute atomic E-state index is 0.278. The van der Waals surface area contributed by atoms with Gasteiger partial charge in [0.25, 0.3) is 0 Å². The summed E-state index contributed by atoms with van der Waals surface area (Å²) >= 11 is 0. The van der Waals surface area contributed by atoms with Gasteiger partial charge in [-0.2, -0.15) is 0 Å². The summed E-state index contributed by atoms with van der Waals surface area (Å²) in [6.07, 6.45) is 10.2. The van der Waals surface area contributed by atoms with Gasteiger partial charge in [0.05, 0.1) is 0 Å². The van der Waals surface area contributed by atoms with Crippen molar-refractivity contribution in [2.45, 2.75) is 52.9 Å². The molecule has 0 aliphatic heterocycles. The Morgan fingerprint density at radius 1 is 1.11 bits per heavy atom. The van der Waals surface area contributed by atoms with Gasteiger partial charge in [-0.3, -0.25) is 9.59 Å². The van der Waals surface area contributed by atoms with Crippen LogP contribution in [0.3, 0.4) is 0 Å². The molecule has 0 heterocycles. The normalized spacial score (nSPS) is 23.6. The van der Waals surface area contributed by atoms with Crippen LogP contribution in [0.4, 0.5) is 0 Å². The highest BCUT2D eigenvalue weighted by Gasteiger charge is 2.12. The van der Waals surface area contributed by atoms with E-state index < -0.39 is 0 Å². The number of carbonyl (C=O) groups is 2. The topological polar surface area (TPSA) is 34.1 Å².